The maximum atomic E-state index is 11.7. The number of hydrogen-bond acceptors (Lipinski definition) is 6. The molecule has 0 radical (unpaired) electrons. The van der Waals surface area contributed by atoms with Gasteiger partial charge in [0.15, 0.2) is 11.6 Å². The minimum absolute atomic E-state index is 0.00753. The number of rotatable bonds is 6. The predicted octanol–water partition coefficient (Wildman–Crippen LogP) is 1.24. The lowest BCUT2D eigenvalue weighted by molar-refractivity contribution is -0.122. The Morgan fingerprint density at radius 2 is 1.95 bits per heavy atom. The van der Waals surface area contributed by atoms with E-state index in [0.29, 0.717) is 30.4 Å². The van der Waals surface area contributed by atoms with Gasteiger partial charge >= 0.3 is 0 Å². The summed E-state index contributed by atoms with van der Waals surface area (Å²) in [6, 6.07) is 0. The molecule has 0 bridgehead atoms. The second kappa shape index (κ2) is 6.93. The summed E-state index contributed by atoms with van der Waals surface area (Å²) in [4.78, 5) is 19.9. The zero-order valence-corrected chi connectivity index (χ0v) is 12.7. The van der Waals surface area contributed by atoms with Crippen molar-refractivity contribution in [2.24, 2.45) is 0 Å². The Labute approximate surface area is 119 Å². The second-order valence-electron chi connectivity index (χ2n) is 5.33. The van der Waals surface area contributed by atoms with Gasteiger partial charge in [-0.3, -0.25) is 4.79 Å². The number of carbonyl (C=O) groups is 1. The molecule has 1 amide bonds. The number of carbonyl (C=O) groups excluding carboxylic acids is 1. The lowest BCUT2D eigenvalue weighted by Gasteiger charge is -2.20. The van der Waals surface area contributed by atoms with Gasteiger partial charge in [0, 0.05) is 25.6 Å². The number of amides is 1. The molecule has 20 heavy (non-hydrogen) atoms. The highest BCUT2D eigenvalue weighted by atomic mass is 16.5. The Morgan fingerprint density at radius 1 is 1.30 bits per heavy atom. The average Bonchev–Trinajstić information content (AvgIpc) is 2.36. The molecule has 0 fully saturated rings. The third-order valence-corrected chi connectivity index (χ3v) is 2.40. The molecule has 0 aliphatic heterocycles. The molecule has 3 N–H and O–H groups in total. The Hall–Kier alpha value is -2.05. The van der Waals surface area contributed by atoms with Crippen LogP contribution in [0.1, 0.15) is 27.2 Å². The molecule has 1 aromatic heterocycles. The molecule has 7 heteroatoms. The van der Waals surface area contributed by atoms with Crippen molar-refractivity contribution in [1.82, 2.24) is 15.3 Å². The molecule has 0 aromatic carbocycles. The molecule has 7 nitrogen and oxygen atoms in total. The summed E-state index contributed by atoms with van der Waals surface area (Å²) >= 11 is 0. The third-order valence-electron chi connectivity index (χ3n) is 2.40. The predicted molar refractivity (Wildman–Crippen MR) is 79.1 cm³/mol. The molecule has 0 atom stereocenters. The molecular weight excluding hydrogens is 258 g/mol. The van der Waals surface area contributed by atoms with Crippen LogP contribution in [0.3, 0.4) is 0 Å². The summed E-state index contributed by atoms with van der Waals surface area (Å²) in [5.74, 6) is 1.69. The molecule has 0 spiro atoms. The largest absolute Gasteiger partial charge is 0.490 e. The van der Waals surface area contributed by atoms with Crippen LogP contribution in [-0.2, 0) is 4.79 Å². The number of nitrogens with one attached hydrogen (secondary N) is 3. The van der Waals surface area contributed by atoms with Gasteiger partial charge in [-0.2, -0.15) is 0 Å². The lowest BCUT2D eigenvalue weighted by atomic mass is 10.1. The first kappa shape index (κ1) is 16.0. The van der Waals surface area contributed by atoms with Crippen molar-refractivity contribution in [3.63, 3.8) is 0 Å². The topological polar surface area (TPSA) is 88.2 Å². The van der Waals surface area contributed by atoms with Crippen molar-refractivity contribution in [3.05, 3.63) is 6.33 Å². The van der Waals surface area contributed by atoms with Crippen molar-refractivity contribution in [1.29, 1.82) is 0 Å². The first-order chi connectivity index (χ1) is 9.37. The third kappa shape index (κ3) is 4.91. The highest BCUT2D eigenvalue weighted by Gasteiger charge is 2.14. The van der Waals surface area contributed by atoms with E-state index in [9.17, 15) is 4.79 Å². The summed E-state index contributed by atoms with van der Waals surface area (Å²) in [6.07, 6.45) is 1.80. The van der Waals surface area contributed by atoms with Gasteiger partial charge in [0.05, 0.1) is 7.11 Å². The van der Waals surface area contributed by atoms with Crippen LogP contribution in [0.15, 0.2) is 6.33 Å². The Kier molecular flexibility index (Phi) is 5.54. The first-order valence-corrected chi connectivity index (χ1v) is 6.49. The zero-order chi connectivity index (χ0) is 15.2. The van der Waals surface area contributed by atoms with Gasteiger partial charge in [-0.05, 0) is 20.8 Å². The molecule has 0 saturated carbocycles. The van der Waals surface area contributed by atoms with E-state index in [0.717, 1.165) is 0 Å². The minimum Gasteiger partial charge on any atom is -0.490 e. The van der Waals surface area contributed by atoms with E-state index in [1.165, 1.54) is 6.33 Å². The van der Waals surface area contributed by atoms with Crippen molar-refractivity contribution >= 4 is 17.5 Å². The normalized spacial score (nSPS) is 10.8. The smallest absolute Gasteiger partial charge is 0.222 e. The van der Waals surface area contributed by atoms with Crippen molar-refractivity contribution in [3.8, 4) is 5.75 Å². The van der Waals surface area contributed by atoms with Crippen molar-refractivity contribution in [2.75, 3.05) is 31.3 Å². The first-order valence-electron chi connectivity index (χ1n) is 6.49. The van der Waals surface area contributed by atoms with E-state index >= 15 is 0 Å². The number of aromatic nitrogens is 2. The van der Waals surface area contributed by atoms with Crippen molar-refractivity contribution < 1.29 is 9.53 Å². The van der Waals surface area contributed by atoms with E-state index in [4.69, 9.17) is 4.74 Å². The Morgan fingerprint density at radius 3 is 2.50 bits per heavy atom. The van der Waals surface area contributed by atoms with Crippen LogP contribution in [0, 0.1) is 0 Å². The van der Waals surface area contributed by atoms with Gasteiger partial charge in [-0.25, -0.2) is 9.97 Å². The van der Waals surface area contributed by atoms with Crippen LogP contribution in [0.4, 0.5) is 11.6 Å². The quantitative estimate of drug-likeness (QED) is 0.727. The Bertz CT molecular complexity index is 457. The molecule has 0 unspecified atom stereocenters. The van der Waals surface area contributed by atoms with E-state index in [-0.39, 0.29) is 11.4 Å². The molecule has 0 aliphatic rings. The van der Waals surface area contributed by atoms with E-state index in [2.05, 4.69) is 25.9 Å². The van der Waals surface area contributed by atoms with Gasteiger partial charge in [-0.1, -0.05) is 0 Å². The fourth-order valence-electron chi connectivity index (χ4n) is 1.65. The number of nitrogens with zero attached hydrogens (tertiary/aromatic N) is 2. The lowest BCUT2D eigenvalue weighted by Crippen LogP contribution is -2.41. The molecule has 1 heterocycles. The van der Waals surface area contributed by atoms with E-state index in [1.807, 2.05) is 20.8 Å². The fraction of sp³-hybridized carbons (Fsp3) is 0.615. The van der Waals surface area contributed by atoms with Crippen molar-refractivity contribution in [2.45, 2.75) is 32.7 Å². The van der Waals surface area contributed by atoms with Crippen LogP contribution < -0.4 is 20.7 Å². The summed E-state index contributed by atoms with van der Waals surface area (Å²) in [7, 11) is 3.31. The maximum absolute atomic E-state index is 11.7. The highest BCUT2D eigenvalue weighted by molar-refractivity contribution is 5.77. The molecular formula is C13H23N5O2. The fourth-order valence-corrected chi connectivity index (χ4v) is 1.65. The second-order valence-corrected chi connectivity index (χ2v) is 5.33. The molecule has 1 rings (SSSR count). The van der Waals surface area contributed by atoms with E-state index < -0.39 is 0 Å². The van der Waals surface area contributed by atoms with Crippen LogP contribution in [0.2, 0.25) is 0 Å². The maximum Gasteiger partial charge on any atom is 0.222 e. The molecule has 112 valence electrons. The van der Waals surface area contributed by atoms with Crippen LogP contribution in [0.25, 0.3) is 0 Å². The highest BCUT2D eigenvalue weighted by Crippen LogP contribution is 2.28. The number of anilines is 2. The van der Waals surface area contributed by atoms with Crippen LogP contribution in [0.5, 0.6) is 5.75 Å². The van der Waals surface area contributed by atoms with Gasteiger partial charge in [0.1, 0.15) is 6.33 Å². The standard InChI is InChI=1S/C13H23N5O2/c1-13(2,3)18-9(19)6-7-15-12-10(20-5)11(14-4)16-8-17-12/h8H,6-7H2,1-5H3,(H,18,19)(H2,14,15,16,17). The molecule has 1 aromatic rings. The summed E-state index contributed by atoms with van der Waals surface area (Å²) < 4.78 is 5.25. The van der Waals surface area contributed by atoms with Gasteiger partial charge in [-0.15, -0.1) is 0 Å². The van der Waals surface area contributed by atoms with Crippen LogP contribution in [-0.4, -0.2) is 42.1 Å². The van der Waals surface area contributed by atoms with Gasteiger partial charge in [0.2, 0.25) is 11.7 Å². The number of ether oxygens (including phenoxy) is 1. The summed E-state index contributed by atoms with van der Waals surface area (Å²) in [5, 5.41) is 8.90. The van der Waals surface area contributed by atoms with E-state index in [1.54, 1.807) is 14.2 Å². The molecule has 0 saturated heterocycles. The average molecular weight is 281 g/mol. The molecule has 0 aliphatic carbocycles. The Balaban J connectivity index is 2.56. The monoisotopic (exact) mass is 281 g/mol. The SMILES string of the molecule is CNc1ncnc(NCCC(=O)NC(C)(C)C)c1OC. The zero-order valence-electron chi connectivity index (χ0n) is 12.7. The number of hydrogen-bond donors (Lipinski definition) is 3. The summed E-state index contributed by atoms with van der Waals surface area (Å²) in [6.45, 7) is 6.32. The minimum atomic E-state index is -0.219. The van der Waals surface area contributed by atoms with Gasteiger partial charge < -0.3 is 20.7 Å². The summed E-state index contributed by atoms with van der Waals surface area (Å²) in [5.41, 5.74) is -0.219. The van der Waals surface area contributed by atoms with Gasteiger partial charge in [0.25, 0.3) is 0 Å². The number of methoxy groups -OCH3 is 1. The van der Waals surface area contributed by atoms with Crippen LogP contribution >= 0.6 is 0 Å².